The topological polar surface area (TPSA) is 69.6 Å². The molecule has 23 heavy (non-hydrogen) atoms. The van der Waals surface area contributed by atoms with E-state index in [-0.39, 0.29) is 17.9 Å². The summed E-state index contributed by atoms with van der Waals surface area (Å²) in [6, 6.07) is 7.64. The molecule has 126 valence electrons. The lowest BCUT2D eigenvalue weighted by Gasteiger charge is -2.18. The minimum Gasteiger partial charge on any atom is -0.390 e. The number of amides is 2. The van der Waals surface area contributed by atoms with Crippen LogP contribution in [-0.2, 0) is 11.2 Å². The molecule has 1 aromatic carbocycles. The van der Waals surface area contributed by atoms with E-state index in [0.717, 1.165) is 18.4 Å². The molecular formula is C18H26N2O3. The first-order valence-corrected chi connectivity index (χ1v) is 8.12. The second-order valence-electron chi connectivity index (χ2n) is 6.95. The minimum absolute atomic E-state index is 0.00274. The number of benzene rings is 1. The number of nitrogens with zero attached hydrogens (tertiary/aromatic N) is 1. The Kier molecular flexibility index (Phi) is 5.42. The van der Waals surface area contributed by atoms with Crippen molar-refractivity contribution in [2.75, 3.05) is 13.1 Å². The molecule has 1 aliphatic heterocycles. The summed E-state index contributed by atoms with van der Waals surface area (Å²) in [5, 5.41) is 12.7. The third-order valence-corrected chi connectivity index (χ3v) is 4.08. The van der Waals surface area contributed by atoms with Gasteiger partial charge >= 0.3 is 0 Å². The molecule has 1 atom stereocenters. The summed E-state index contributed by atoms with van der Waals surface area (Å²) in [5.41, 5.74) is 1.01. The van der Waals surface area contributed by atoms with Gasteiger partial charge in [0.05, 0.1) is 5.60 Å². The number of aryl methyl sites for hydroxylation is 1. The van der Waals surface area contributed by atoms with Gasteiger partial charge in [0.1, 0.15) is 0 Å². The van der Waals surface area contributed by atoms with Crippen LogP contribution in [0.3, 0.4) is 0 Å². The van der Waals surface area contributed by atoms with Crippen LogP contribution in [0.1, 0.15) is 49.5 Å². The molecule has 1 fully saturated rings. The molecule has 0 saturated carbocycles. The molecule has 0 radical (unpaired) electrons. The normalized spacial score (nSPS) is 18.1. The molecule has 0 spiro atoms. The van der Waals surface area contributed by atoms with E-state index < -0.39 is 5.60 Å². The fourth-order valence-electron chi connectivity index (χ4n) is 2.84. The fraction of sp³-hybridized carbons (Fsp3) is 0.556. The zero-order chi connectivity index (χ0) is 17.0. The fourth-order valence-corrected chi connectivity index (χ4v) is 2.84. The van der Waals surface area contributed by atoms with Crippen molar-refractivity contribution in [2.45, 2.75) is 51.7 Å². The molecule has 5 heteroatoms. The molecule has 2 amide bonds. The standard InChI is InChI=1S/C18H26N2O3/c1-13(21)19-16-8-10-20(12-16)17(22)15-6-4-5-14(11-15)7-9-18(2,3)23/h4-6,11,16,23H,7-10,12H2,1-3H3,(H,19,21). The first-order valence-electron chi connectivity index (χ1n) is 8.12. The Hall–Kier alpha value is -1.88. The summed E-state index contributed by atoms with van der Waals surface area (Å²) >= 11 is 0. The highest BCUT2D eigenvalue weighted by Crippen LogP contribution is 2.17. The van der Waals surface area contributed by atoms with Crippen LogP contribution in [0.5, 0.6) is 0 Å². The Morgan fingerprint density at radius 1 is 1.39 bits per heavy atom. The van der Waals surface area contributed by atoms with Gasteiger partial charge in [-0.25, -0.2) is 0 Å². The number of carbonyl (C=O) groups is 2. The van der Waals surface area contributed by atoms with Gasteiger partial charge in [-0.15, -0.1) is 0 Å². The van der Waals surface area contributed by atoms with Gasteiger partial charge in [0.15, 0.2) is 0 Å². The van der Waals surface area contributed by atoms with E-state index in [1.54, 1.807) is 18.7 Å². The number of rotatable bonds is 5. The van der Waals surface area contributed by atoms with Crippen molar-refractivity contribution in [1.29, 1.82) is 0 Å². The smallest absolute Gasteiger partial charge is 0.253 e. The molecule has 5 nitrogen and oxygen atoms in total. The second kappa shape index (κ2) is 7.13. The van der Waals surface area contributed by atoms with Crippen molar-refractivity contribution in [3.63, 3.8) is 0 Å². The van der Waals surface area contributed by atoms with Crippen LogP contribution in [0, 0.1) is 0 Å². The van der Waals surface area contributed by atoms with E-state index in [1.807, 2.05) is 24.3 Å². The van der Waals surface area contributed by atoms with Gasteiger partial charge in [-0.3, -0.25) is 9.59 Å². The molecule has 1 saturated heterocycles. The lowest BCUT2D eigenvalue weighted by atomic mass is 9.98. The summed E-state index contributed by atoms with van der Waals surface area (Å²) in [6.45, 7) is 6.30. The van der Waals surface area contributed by atoms with Crippen LogP contribution in [0.25, 0.3) is 0 Å². The lowest BCUT2D eigenvalue weighted by molar-refractivity contribution is -0.119. The maximum atomic E-state index is 12.6. The molecule has 0 bridgehead atoms. The van der Waals surface area contributed by atoms with Crippen LogP contribution in [-0.4, -0.2) is 46.6 Å². The van der Waals surface area contributed by atoms with Gasteiger partial charge in [-0.2, -0.15) is 0 Å². The van der Waals surface area contributed by atoms with Crippen molar-refractivity contribution >= 4 is 11.8 Å². The van der Waals surface area contributed by atoms with E-state index in [9.17, 15) is 14.7 Å². The molecule has 1 aliphatic rings. The van der Waals surface area contributed by atoms with E-state index in [2.05, 4.69) is 5.32 Å². The Labute approximate surface area is 137 Å². The van der Waals surface area contributed by atoms with Gasteiger partial charge in [0.25, 0.3) is 5.91 Å². The lowest BCUT2D eigenvalue weighted by Crippen LogP contribution is -2.37. The summed E-state index contributed by atoms with van der Waals surface area (Å²) in [5.74, 6) is -0.0547. The maximum Gasteiger partial charge on any atom is 0.253 e. The Morgan fingerprint density at radius 3 is 2.78 bits per heavy atom. The van der Waals surface area contributed by atoms with Gasteiger partial charge in [-0.05, 0) is 50.8 Å². The maximum absolute atomic E-state index is 12.6. The van der Waals surface area contributed by atoms with Gasteiger partial charge < -0.3 is 15.3 Å². The molecule has 0 aliphatic carbocycles. The molecule has 2 N–H and O–H groups in total. The van der Waals surface area contributed by atoms with Crippen molar-refractivity contribution in [3.8, 4) is 0 Å². The average molecular weight is 318 g/mol. The third kappa shape index (κ3) is 5.36. The van der Waals surface area contributed by atoms with Gasteiger partial charge in [-0.1, -0.05) is 12.1 Å². The zero-order valence-corrected chi connectivity index (χ0v) is 14.1. The summed E-state index contributed by atoms with van der Waals surface area (Å²) < 4.78 is 0. The first-order chi connectivity index (χ1) is 10.7. The molecular weight excluding hydrogens is 292 g/mol. The summed E-state index contributed by atoms with van der Waals surface area (Å²) in [6.07, 6.45) is 2.18. The van der Waals surface area contributed by atoms with Crippen molar-refractivity contribution in [1.82, 2.24) is 10.2 Å². The average Bonchev–Trinajstić information content (AvgIpc) is 2.91. The Balaban J connectivity index is 1.99. The highest BCUT2D eigenvalue weighted by molar-refractivity contribution is 5.94. The number of aliphatic hydroxyl groups is 1. The SMILES string of the molecule is CC(=O)NC1CCN(C(=O)c2cccc(CCC(C)(C)O)c2)C1. The molecule has 1 unspecified atom stereocenters. The van der Waals surface area contributed by atoms with Crippen LogP contribution in [0.15, 0.2) is 24.3 Å². The molecule has 0 aromatic heterocycles. The molecule has 1 aromatic rings. The number of nitrogens with one attached hydrogen (secondary N) is 1. The van der Waals surface area contributed by atoms with E-state index in [4.69, 9.17) is 0 Å². The first kappa shape index (κ1) is 17.5. The van der Waals surface area contributed by atoms with Gasteiger partial charge in [0, 0.05) is 31.6 Å². The highest BCUT2D eigenvalue weighted by atomic mass is 16.3. The number of hydrogen-bond donors (Lipinski definition) is 2. The predicted molar refractivity (Wildman–Crippen MR) is 89.2 cm³/mol. The molecule has 2 rings (SSSR count). The number of hydrogen-bond acceptors (Lipinski definition) is 3. The van der Waals surface area contributed by atoms with E-state index in [0.29, 0.717) is 25.1 Å². The third-order valence-electron chi connectivity index (χ3n) is 4.08. The van der Waals surface area contributed by atoms with Crippen LogP contribution < -0.4 is 5.32 Å². The van der Waals surface area contributed by atoms with E-state index in [1.165, 1.54) is 6.92 Å². The van der Waals surface area contributed by atoms with Crippen LogP contribution in [0.4, 0.5) is 0 Å². The highest BCUT2D eigenvalue weighted by Gasteiger charge is 2.27. The predicted octanol–water partition coefficient (Wildman–Crippen LogP) is 1.74. The van der Waals surface area contributed by atoms with Crippen LogP contribution >= 0.6 is 0 Å². The van der Waals surface area contributed by atoms with E-state index >= 15 is 0 Å². The number of likely N-dealkylation sites (tertiary alicyclic amines) is 1. The minimum atomic E-state index is -0.708. The van der Waals surface area contributed by atoms with Crippen molar-refractivity contribution in [2.24, 2.45) is 0 Å². The Morgan fingerprint density at radius 2 is 2.13 bits per heavy atom. The van der Waals surface area contributed by atoms with Crippen molar-refractivity contribution in [3.05, 3.63) is 35.4 Å². The largest absolute Gasteiger partial charge is 0.390 e. The zero-order valence-electron chi connectivity index (χ0n) is 14.1. The van der Waals surface area contributed by atoms with Crippen LogP contribution in [0.2, 0.25) is 0 Å². The summed E-state index contributed by atoms with van der Waals surface area (Å²) in [7, 11) is 0. The second-order valence-corrected chi connectivity index (χ2v) is 6.95. The molecule has 1 heterocycles. The van der Waals surface area contributed by atoms with Crippen molar-refractivity contribution < 1.29 is 14.7 Å². The monoisotopic (exact) mass is 318 g/mol. The Bertz CT molecular complexity index is 578. The number of carbonyl (C=O) groups excluding carboxylic acids is 2. The van der Waals surface area contributed by atoms with Gasteiger partial charge in [0.2, 0.25) is 5.91 Å². The summed E-state index contributed by atoms with van der Waals surface area (Å²) in [4.78, 5) is 25.5. The quantitative estimate of drug-likeness (QED) is 0.869.